The van der Waals surface area contributed by atoms with Crippen LogP contribution in [0.4, 0.5) is 0 Å². The normalized spacial score (nSPS) is 18.4. The minimum Gasteiger partial charge on any atom is -0.467 e. The third kappa shape index (κ3) is 4.31. The fourth-order valence-electron chi connectivity index (χ4n) is 2.43. The van der Waals surface area contributed by atoms with Crippen LogP contribution in [0.2, 0.25) is 0 Å². The molecule has 2 atom stereocenters. The second kappa shape index (κ2) is 7.59. The summed E-state index contributed by atoms with van der Waals surface area (Å²) in [6, 6.07) is 8.43. The van der Waals surface area contributed by atoms with E-state index < -0.39 is 18.1 Å². The standard InChI is InChI=1S/C16H20N2O4/c1-22-16(21)13(8-7-11-5-3-2-4-6-11)18-15(20)12-9-10-14(19)17-12/h2-6,12-13H,7-10H2,1H3,(H,17,19)(H,18,20)/t12-,13-/m1/s1. The SMILES string of the molecule is COC(=O)[C@@H](CCc1ccccc1)NC(=O)[C@H]1CCC(=O)N1. The molecule has 1 aliphatic heterocycles. The van der Waals surface area contributed by atoms with Crippen LogP contribution in [0.5, 0.6) is 0 Å². The van der Waals surface area contributed by atoms with Crippen LogP contribution < -0.4 is 10.6 Å². The monoisotopic (exact) mass is 304 g/mol. The molecule has 2 N–H and O–H groups in total. The maximum Gasteiger partial charge on any atom is 0.328 e. The highest BCUT2D eigenvalue weighted by Crippen LogP contribution is 2.09. The first-order valence-electron chi connectivity index (χ1n) is 7.31. The van der Waals surface area contributed by atoms with Crippen molar-refractivity contribution in [3.8, 4) is 0 Å². The first-order chi connectivity index (χ1) is 10.6. The first-order valence-corrected chi connectivity index (χ1v) is 7.31. The summed E-state index contributed by atoms with van der Waals surface area (Å²) in [7, 11) is 1.29. The number of amides is 2. The van der Waals surface area contributed by atoms with Gasteiger partial charge in [-0.05, 0) is 24.8 Å². The van der Waals surface area contributed by atoms with Crippen molar-refractivity contribution in [1.82, 2.24) is 10.6 Å². The van der Waals surface area contributed by atoms with Gasteiger partial charge in [-0.15, -0.1) is 0 Å². The molecule has 22 heavy (non-hydrogen) atoms. The number of esters is 1. The number of ether oxygens (including phenoxy) is 1. The molecule has 1 aromatic rings. The number of benzene rings is 1. The number of hydrogen-bond donors (Lipinski definition) is 2. The molecule has 6 nitrogen and oxygen atoms in total. The Balaban J connectivity index is 1.92. The van der Waals surface area contributed by atoms with Gasteiger partial charge in [-0.2, -0.15) is 0 Å². The van der Waals surface area contributed by atoms with E-state index in [1.165, 1.54) is 7.11 Å². The summed E-state index contributed by atoms with van der Waals surface area (Å²) in [5.74, 6) is -0.957. The van der Waals surface area contributed by atoms with Gasteiger partial charge in [0, 0.05) is 6.42 Å². The average molecular weight is 304 g/mol. The minimum absolute atomic E-state index is 0.140. The highest BCUT2D eigenvalue weighted by atomic mass is 16.5. The molecule has 118 valence electrons. The third-order valence-corrected chi connectivity index (χ3v) is 3.68. The minimum atomic E-state index is -0.713. The number of hydrogen-bond acceptors (Lipinski definition) is 4. The van der Waals surface area contributed by atoms with Gasteiger partial charge in [0.25, 0.3) is 0 Å². The molecule has 1 aliphatic rings. The summed E-state index contributed by atoms with van der Waals surface area (Å²) in [5, 5.41) is 5.26. The van der Waals surface area contributed by atoms with Gasteiger partial charge >= 0.3 is 5.97 Å². The van der Waals surface area contributed by atoms with Crippen LogP contribution in [0, 0.1) is 0 Å². The second-order valence-corrected chi connectivity index (χ2v) is 5.27. The molecule has 2 amide bonds. The van der Waals surface area contributed by atoms with Crippen molar-refractivity contribution >= 4 is 17.8 Å². The first kappa shape index (κ1) is 16.0. The number of rotatable bonds is 6. The Morgan fingerprint density at radius 2 is 2.09 bits per heavy atom. The molecular formula is C16H20N2O4. The highest BCUT2D eigenvalue weighted by molar-refractivity contribution is 5.93. The summed E-state index contributed by atoms with van der Waals surface area (Å²) in [5.41, 5.74) is 1.08. The van der Waals surface area contributed by atoms with E-state index in [4.69, 9.17) is 4.74 Å². The molecular weight excluding hydrogens is 284 g/mol. The Morgan fingerprint density at radius 1 is 1.36 bits per heavy atom. The van der Waals surface area contributed by atoms with E-state index in [1.807, 2.05) is 30.3 Å². The van der Waals surface area contributed by atoms with Gasteiger partial charge < -0.3 is 15.4 Å². The van der Waals surface area contributed by atoms with Crippen molar-refractivity contribution in [3.05, 3.63) is 35.9 Å². The number of nitrogens with one attached hydrogen (secondary N) is 2. The zero-order valence-corrected chi connectivity index (χ0v) is 12.5. The molecule has 2 rings (SSSR count). The van der Waals surface area contributed by atoms with Crippen molar-refractivity contribution in [2.24, 2.45) is 0 Å². The molecule has 1 heterocycles. The van der Waals surface area contributed by atoms with E-state index >= 15 is 0 Å². The Kier molecular flexibility index (Phi) is 5.52. The lowest BCUT2D eigenvalue weighted by molar-refractivity contribution is -0.145. The Morgan fingerprint density at radius 3 is 2.68 bits per heavy atom. The maximum absolute atomic E-state index is 12.1. The lowest BCUT2D eigenvalue weighted by Crippen LogP contribution is -2.49. The van der Waals surface area contributed by atoms with Crippen molar-refractivity contribution in [1.29, 1.82) is 0 Å². The Bertz CT molecular complexity index is 544. The van der Waals surface area contributed by atoms with Crippen LogP contribution >= 0.6 is 0 Å². The van der Waals surface area contributed by atoms with E-state index in [-0.39, 0.29) is 11.8 Å². The fraction of sp³-hybridized carbons (Fsp3) is 0.438. The second-order valence-electron chi connectivity index (χ2n) is 5.27. The molecule has 1 saturated heterocycles. The summed E-state index contributed by atoms with van der Waals surface area (Å²) >= 11 is 0. The lowest BCUT2D eigenvalue weighted by atomic mass is 10.0. The van der Waals surface area contributed by atoms with E-state index in [2.05, 4.69) is 10.6 Å². The van der Waals surface area contributed by atoms with E-state index in [9.17, 15) is 14.4 Å². The topological polar surface area (TPSA) is 84.5 Å². The highest BCUT2D eigenvalue weighted by Gasteiger charge is 2.30. The predicted molar refractivity (Wildman–Crippen MR) is 79.9 cm³/mol. The van der Waals surface area contributed by atoms with Gasteiger partial charge in [-0.3, -0.25) is 9.59 Å². The van der Waals surface area contributed by atoms with Crippen LogP contribution in [0.25, 0.3) is 0 Å². The average Bonchev–Trinajstić information content (AvgIpc) is 2.98. The zero-order chi connectivity index (χ0) is 15.9. The molecule has 6 heteroatoms. The number of carbonyl (C=O) groups is 3. The Hall–Kier alpha value is -2.37. The quantitative estimate of drug-likeness (QED) is 0.752. The number of carbonyl (C=O) groups excluding carboxylic acids is 3. The predicted octanol–water partition coefficient (Wildman–Crippen LogP) is 0.556. The summed E-state index contributed by atoms with van der Waals surface area (Å²) in [6.45, 7) is 0. The van der Waals surface area contributed by atoms with Crippen molar-refractivity contribution in [2.75, 3.05) is 7.11 Å². The van der Waals surface area contributed by atoms with Crippen molar-refractivity contribution in [3.63, 3.8) is 0 Å². The van der Waals surface area contributed by atoms with Gasteiger partial charge in [0.15, 0.2) is 0 Å². The van der Waals surface area contributed by atoms with Gasteiger partial charge in [0.1, 0.15) is 12.1 Å². The Labute approximate surface area is 129 Å². The van der Waals surface area contributed by atoms with Crippen LogP contribution in [-0.4, -0.2) is 37.0 Å². The van der Waals surface area contributed by atoms with Crippen LogP contribution in [0.15, 0.2) is 30.3 Å². The molecule has 0 bridgehead atoms. The van der Waals surface area contributed by atoms with E-state index in [0.29, 0.717) is 25.7 Å². The molecule has 1 aromatic carbocycles. The summed E-state index contributed by atoms with van der Waals surface area (Å²) in [4.78, 5) is 35.1. The molecule has 0 spiro atoms. The lowest BCUT2D eigenvalue weighted by Gasteiger charge is -2.19. The molecule has 0 unspecified atom stereocenters. The molecule has 0 saturated carbocycles. The largest absolute Gasteiger partial charge is 0.467 e. The number of aryl methyl sites for hydroxylation is 1. The molecule has 0 radical (unpaired) electrons. The van der Waals surface area contributed by atoms with Crippen LogP contribution in [0.3, 0.4) is 0 Å². The van der Waals surface area contributed by atoms with Crippen molar-refractivity contribution in [2.45, 2.75) is 37.8 Å². The molecule has 0 aliphatic carbocycles. The smallest absolute Gasteiger partial charge is 0.328 e. The van der Waals surface area contributed by atoms with Crippen molar-refractivity contribution < 1.29 is 19.1 Å². The number of methoxy groups -OCH3 is 1. The van der Waals surface area contributed by atoms with Gasteiger partial charge in [0.05, 0.1) is 7.11 Å². The summed E-state index contributed by atoms with van der Waals surface area (Å²) < 4.78 is 4.74. The van der Waals surface area contributed by atoms with E-state index in [1.54, 1.807) is 0 Å². The van der Waals surface area contributed by atoms with Gasteiger partial charge in [0.2, 0.25) is 11.8 Å². The fourth-order valence-corrected chi connectivity index (χ4v) is 2.43. The van der Waals surface area contributed by atoms with Crippen LogP contribution in [-0.2, 0) is 25.5 Å². The maximum atomic E-state index is 12.1. The van der Waals surface area contributed by atoms with Gasteiger partial charge in [-0.1, -0.05) is 30.3 Å². The third-order valence-electron chi connectivity index (χ3n) is 3.68. The van der Waals surface area contributed by atoms with E-state index in [0.717, 1.165) is 5.56 Å². The van der Waals surface area contributed by atoms with Gasteiger partial charge in [-0.25, -0.2) is 4.79 Å². The molecule has 1 fully saturated rings. The summed E-state index contributed by atoms with van der Waals surface area (Å²) in [6.07, 6.45) is 1.89. The zero-order valence-electron chi connectivity index (χ0n) is 12.5. The van der Waals surface area contributed by atoms with Crippen LogP contribution in [0.1, 0.15) is 24.8 Å². The molecule has 0 aromatic heterocycles.